The molecular weight excluding hydrogens is 266 g/mol. The first-order chi connectivity index (χ1) is 8.81. The van der Waals surface area contributed by atoms with Crippen molar-refractivity contribution in [2.24, 2.45) is 0 Å². The lowest BCUT2D eigenvalue weighted by Gasteiger charge is -2.09. The molecule has 4 heteroatoms. The molecule has 1 fully saturated rings. The maximum absolute atomic E-state index is 6.01. The van der Waals surface area contributed by atoms with Crippen LogP contribution in [-0.2, 0) is 4.74 Å². The first-order valence-corrected chi connectivity index (χ1v) is 7.26. The van der Waals surface area contributed by atoms with Crippen LogP contribution >= 0.6 is 22.9 Å². The maximum atomic E-state index is 6.01. The average molecular weight is 280 g/mol. The second-order valence-corrected chi connectivity index (χ2v) is 5.76. The Morgan fingerprint density at radius 3 is 3.06 bits per heavy atom. The number of benzene rings is 1. The quantitative estimate of drug-likeness (QED) is 0.906. The lowest BCUT2D eigenvalue weighted by molar-refractivity contribution is 0.195. The minimum atomic E-state index is 0.451. The van der Waals surface area contributed by atoms with Crippen molar-refractivity contribution in [2.45, 2.75) is 12.5 Å². The van der Waals surface area contributed by atoms with E-state index in [9.17, 15) is 0 Å². The molecule has 2 aromatic rings. The van der Waals surface area contributed by atoms with Crippen LogP contribution in [0.2, 0.25) is 5.02 Å². The Labute approximate surface area is 116 Å². The van der Waals surface area contributed by atoms with Gasteiger partial charge in [0.15, 0.2) is 0 Å². The summed E-state index contributed by atoms with van der Waals surface area (Å²) >= 11 is 7.74. The van der Waals surface area contributed by atoms with E-state index in [0.717, 1.165) is 24.7 Å². The van der Waals surface area contributed by atoms with E-state index in [-0.39, 0.29) is 0 Å². The summed E-state index contributed by atoms with van der Waals surface area (Å²) in [5, 5.41) is 6.42. The van der Waals surface area contributed by atoms with Gasteiger partial charge in [-0.05, 0) is 30.2 Å². The molecule has 2 nitrogen and oxygen atoms in total. The van der Waals surface area contributed by atoms with Crippen LogP contribution < -0.4 is 5.32 Å². The molecule has 1 N–H and O–H groups in total. The van der Waals surface area contributed by atoms with Gasteiger partial charge in [-0.1, -0.05) is 23.7 Å². The number of rotatable bonds is 3. The predicted octanol–water partition coefficient (Wildman–Crippen LogP) is 4.27. The number of nitrogens with one attached hydrogen (secondary N) is 1. The third-order valence-electron chi connectivity index (χ3n) is 3.01. The molecule has 1 saturated heterocycles. The highest BCUT2D eigenvalue weighted by Gasteiger charge is 2.15. The van der Waals surface area contributed by atoms with E-state index < -0.39 is 0 Å². The summed E-state index contributed by atoms with van der Waals surface area (Å²) in [6.07, 6.45) is 1.09. The Balaban J connectivity index is 1.76. The minimum Gasteiger partial charge on any atom is -0.379 e. The van der Waals surface area contributed by atoms with Crippen molar-refractivity contribution in [3.63, 3.8) is 0 Å². The van der Waals surface area contributed by atoms with Gasteiger partial charge >= 0.3 is 0 Å². The van der Waals surface area contributed by atoms with Crippen molar-refractivity contribution in [2.75, 3.05) is 18.5 Å². The molecule has 1 aliphatic heterocycles. The molecule has 2 heterocycles. The van der Waals surface area contributed by atoms with Gasteiger partial charge in [-0.3, -0.25) is 0 Å². The van der Waals surface area contributed by atoms with Crippen molar-refractivity contribution >= 4 is 28.6 Å². The van der Waals surface area contributed by atoms with Gasteiger partial charge in [0.05, 0.1) is 12.6 Å². The Morgan fingerprint density at radius 2 is 2.28 bits per heavy atom. The number of hydrogen-bond acceptors (Lipinski definition) is 3. The summed E-state index contributed by atoms with van der Waals surface area (Å²) < 4.78 is 5.36. The standard InChI is InChI=1S/C14H14ClNOS/c15-11-3-1-2-10(6-11)14-7-13(9-18-14)16-12-4-5-17-8-12/h1-3,6-7,9,12,16H,4-5,8H2. The highest BCUT2D eigenvalue weighted by Crippen LogP contribution is 2.31. The molecule has 1 aliphatic rings. The molecule has 1 atom stereocenters. The number of hydrogen-bond donors (Lipinski definition) is 1. The van der Waals surface area contributed by atoms with Gasteiger partial charge in [0, 0.05) is 27.6 Å². The van der Waals surface area contributed by atoms with Crippen molar-refractivity contribution in [3.8, 4) is 10.4 Å². The molecule has 0 bridgehead atoms. The van der Waals surface area contributed by atoms with Crippen molar-refractivity contribution < 1.29 is 4.74 Å². The summed E-state index contributed by atoms with van der Waals surface area (Å²) in [5.41, 5.74) is 2.34. The Morgan fingerprint density at radius 1 is 1.33 bits per heavy atom. The lowest BCUT2D eigenvalue weighted by atomic mass is 10.2. The normalized spacial score (nSPS) is 19.1. The topological polar surface area (TPSA) is 21.3 Å². The largest absolute Gasteiger partial charge is 0.379 e. The number of anilines is 1. The molecule has 18 heavy (non-hydrogen) atoms. The van der Waals surface area contributed by atoms with Crippen LogP contribution in [-0.4, -0.2) is 19.3 Å². The van der Waals surface area contributed by atoms with Crippen LogP contribution in [0.5, 0.6) is 0 Å². The summed E-state index contributed by atoms with van der Waals surface area (Å²) in [4.78, 5) is 1.24. The molecule has 1 aromatic heterocycles. The smallest absolute Gasteiger partial charge is 0.0668 e. The number of halogens is 1. The van der Waals surface area contributed by atoms with Crippen LogP contribution in [0.15, 0.2) is 35.7 Å². The first kappa shape index (κ1) is 12.0. The predicted molar refractivity (Wildman–Crippen MR) is 77.6 cm³/mol. The van der Waals surface area contributed by atoms with Gasteiger partial charge in [-0.2, -0.15) is 0 Å². The SMILES string of the molecule is Clc1cccc(-c2cc(NC3CCOC3)cs2)c1. The van der Waals surface area contributed by atoms with E-state index in [0.29, 0.717) is 6.04 Å². The van der Waals surface area contributed by atoms with Crippen LogP contribution in [0, 0.1) is 0 Å². The summed E-state index contributed by atoms with van der Waals surface area (Å²) in [6.45, 7) is 1.67. The summed E-state index contributed by atoms with van der Waals surface area (Å²) in [7, 11) is 0. The minimum absolute atomic E-state index is 0.451. The van der Waals surface area contributed by atoms with Crippen LogP contribution in [0.4, 0.5) is 5.69 Å². The summed E-state index contributed by atoms with van der Waals surface area (Å²) in [6, 6.07) is 10.6. The molecular formula is C14H14ClNOS. The monoisotopic (exact) mass is 279 g/mol. The zero-order valence-electron chi connectivity index (χ0n) is 9.86. The van der Waals surface area contributed by atoms with Crippen LogP contribution in [0.1, 0.15) is 6.42 Å². The van der Waals surface area contributed by atoms with E-state index in [1.54, 1.807) is 11.3 Å². The molecule has 0 aliphatic carbocycles. The third-order valence-corrected chi connectivity index (χ3v) is 4.22. The molecule has 1 unspecified atom stereocenters. The number of thiophene rings is 1. The molecule has 3 rings (SSSR count). The van der Waals surface area contributed by atoms with Gasteiger partial charge in [0.2, 0.25) is 0 Å². The average Bonchev–Trinajstić information content (AvgIpc) is 3.01. The van der Waals surface area contributed by atoms with Gasteiger partial charge in [0.1, 0.15) is 0 Å². The molecule has 0 saturated carbocycles. The second-order valence-electron chi connectivity index (χ2n) is 4.41. The van der Waals surface area contributed by atoms with Crippen molar-refractivity contribution in [1.29, 1.82) is 0 Å². The highest BCUT2D eigenvalue weighted by atomic mass is 35.5. The van der Waals surface area contributed by atoms with E-state index >= 15 is 0 Å². The summed E-state index contributed by atoms with van der Waals surface area (Å²) in [5.74, 6) is 0. The molecule has 0 spiro atoms. The van der Waals surface area contributed by atoms with Crippen LogP contribution in [0.3, 0.4) is 0 Å². The van der Waals surface area contributed by atoms with Gasteiger partial charge < -0.3 is 10.1 Å². The van der Waals surface area contributed by atoms with Gasteiger partial charge in [-0.15, -0.1) is 11.3 Å². The maximum Gasteiger partial charge on any atom is 0.0668 e. The fraction of sp³-hybridized carbons (Fsp3) is 0.286. The fourth-order valence-electron chi connectivity index (χ4n) is 2.09. The lowest BCUT2D eigenvalue weighted by Crippen LogP contribution is -2.18. The molecule has 0 amide bonds. The first-order valence-electron chi connectivity index (χ1n) is 6.00. The fourth-order valence-corrected chi connectivity index (χ4v) is 3.13. The van der Waals surface area contributed by atoms with E-state index in [1.807, 2.05) is 18.2 Å². The second kappa shape index (κ2) is 5.31. The zero-order chi connectivity index (χ0) is 12.4. The Bertz CT molecular complexity index is 534. The van der Waals surface area contributed by atoms with E-state index in [2.05, 4.69) is 22.8 Å². The molecule has 1 aromatic carbocycles. The molecule has 94 valence electrons. The van der Waals surface area contributed by atoms with E-state index in [1.165, 1.54) is 16.1 Å². The van der Waals surface area contributed by atoms with Gasteiger partial charge in [0.25, 0.3) is 0 Å². The van der Waals surface area contributed by atoms with Gasteiger partial charge in [-0.25, -0.2) is 0 Å². The van der Waals surface area contributed by atoms with Crippen LogP contribution in [0.25, 0.3) is 10.4 Å². The molecule has 0 radical (unpaired) electrons. The van der Waals surface area contributed by atoms with E-state index in [4.69, 9.17) is 16.3 Å². The zero-order valence-corrected chi connectivity index (χ0v) is 11.4. The number of ether oxygens (including phenoxy) is 1. The Kier molecular flexibility index (Phi) is 3.55. The highest BCUT2D eigenvalue weighted by molar-refractivity contribution is 7.14. The third kappa shape index (κ3) is 2.69. The Hall–Kier alpha value is -1.03. The van der Waals surface area contributed by atoms with Crippen molar-refractivity contribution in [3.05, 3.63) is 40.7 Å². The van der Waals surface area contributed by atoms with Crippen molar-refractivity contribution in [1.82, 2.24) is 0 Å².